The Hall–Kier alpha value is -1.58. The average Bonchev–Trinajstić information content (AvgIpc) is 2.79. The van der Waals surface area contributed by atoms with Crippen molar-refractivity contribution in [1.29, 1.82) is 0 Å². The molecule has 2 heterocycles. The quantitative estimate of drug-likeness (QED) is 0.924. The number of hydrogen-bond acceptors (Lipinski definition) is 3. The number of likely N-dealkylation sites (tertiary alicyclic amines) is 1. The number of nitrogens with zero attached hydrogens (tertiary/aromatic N) is 2. The number of anilines is 1. The maximum absolute atomic E-state index is 12.8. The van der Waals surface area contributed by atoms with Crippen LogP contribution >= 0.6 is 0 Å². The van der Waals surface area contributed by atoms with Crippen molar-refractivity contribution < 1.29 is 4.79 Å². The lowest BCUT2D eigenvalue weighted by Crippen LogP contribution is -2.32. The molecule has 1 unspecified atom stereocenters. The molecule has 1 aliphatic heterocycles. The van der Waals surface area contributed by atoms with Crippen LogP contribution in [0.15, 0.2) is 12.1 Å². The van der Waals surface area contributed by atoms with Crippen LogP contribution in [0, 0.1) is 5.92 Å². The lowest BCUT2D eigenvalue weighted by Gasteiger charge is -2.21. The fraction of sp³-hybridized carbons (Fsp3) is 0.647. The van der Waals surface area contributed by atoms with Crippen LogP contribution in [0.2, 0.25) is 0 Å². The van der Waals surface area contributed by atoms with Crippen LogP contribution in [0.1, 0.15) is 55.6 Å². The molecule has 1 aromatic heterocycles. The topological polar surface area (TPSA) is 45.2 Å². The van der Waals surface area contributed by atoms with Crippen molar-refractivity contribution in [2.24, 2.45) is 5.92 Å². The van der Waals surface area contributed by atoms with Gasteiger partial charge in [0.1, 0.15) is 5.82 Å². The Labute approximate surface area is 127 Å². The molecule has 0 radical (unpaired) electrons. The Morgan fingerprint density at radius 3 is 2.81 bits per heavy atom. The van der Waals surface area contributed by atoms with Gasteiger partial charge in [0, 0.05) is 31.4 Å². The lowest BCUT2D eigenvalue weighted by molar-refractivity contribution is 0.0759. The number of pyridine rings is 1. The Morgan fingerprint density at radius 2 is 2.14 bits per heavy atom. The van der Waals surface area contributed by atoms with E-state index in [1.54, 1.807) is 0 Å². The smallest absolute Gasteiger partial charge is 0.254 e. The molecule has 1 aromatic rings. The summed E-state index contributed by atoms with van der Waals surface area (Å²) in [6.45, 7) is 6.08. The van der Waals surface area contributed by atoms with E-state index in [1.165, 1.54) is 12.8 Å². The normalized spacial score (nSPS) is 19.2. The first-order valence-corrected chi connectivity index (χ1v) is 8.15. The van der Waals surface area contributed by atoms with Gasteiger partial charge in [-0.1, -0.05) is 20.3 Å². The second-order valence-corrected chi connectivity index (χ2v) is 5.83. The molecule has 4 heteroatoms. The van der Waals surface area contributed by atoms with Gasteiger partial charge in [0.2, 0.25) is 0 Å². The Morgan fingerprint density at radius 1 is 1.33 bits per heavy atom. The molecule has 4 nitrogen and oxygen atoms in total. The predicted octanol–water partition coefficient (Wildman–Crippen LogP) is 3.34. The molecule has 21 heavy (non-hydrogen) atoms. The van der Waals surface area contributed by atoms with E-state index >= 15 is 0 Å². The van der Waals surface area contributed by atoms with E-state index in [-0.39, 0.29) is 5.91 Å². The van der Waals surface area contributed by atoms with Crippen molar-refractivity contribution in [2.45, 2.75) is 46.0 Å². The van der Waals surface area contributed by atoms with E-state index in [0.29, 0.717) is 0 Å². The third-order valence-corrected chi connectivity index (χ3v) is 4.46. The Kier molecular flexibility index (Phi) is 5.59. The van der Waals surface area contributed by atoms with Crippen molar-refractivity contribution in [1.82, 2.24) is 9.88 Å². The third-order valence-electron chi connectivity index (χ3n) is 4.46. The number of carbonyl (C=O) groups is 1. The molecule has 1 atom stereocenters. The highest BCUT2D eigenvalue weighted by atomic mass is 16.2. The molecular formula is C17H27N3O. The fourth-order valence-corrected chi connectivity index (χ4v) is 2.98. The van der Waals surface area contributed by atoms with Crippen LogP contribution in [0.3, 0.4) is 0 Å². The van der Waals surface area contributed by atoms with Crippen LogP contribution in [-0.2, 0) is 6.42 Å². The summed E-state index contributed by atoms with van der Waals surface area (Å²) in [6.07, 6.45) is 5.56. The molecule has 0 aliphatic carbocycles. The van der Waals surface area contributed by atoms with Gasteiger partial charge in [0.25, 0.3) is 5.91 Å². The molecule has 1 aliphatic rings. The number of hydrogen-bond donors (Lipinski definition) is 1. The zero-order valence-electron chi connectivity index (χ0n) is 13.5. The van der Waals surface area contributed by atoms with E-state index in [0.717, 1.165) is 55.3 Å². The summed E-state index contributed by atoms with van der Waals surface area (Å²) < 4.78 is 0. The van der Waals surface area contributed by atoms with Crippen molar-refractivity contribution in [3.63, 3.8) is 0 Å². The van der Waals surface area contributed by atoms with E-state index in [1.807, 2.05) is 24.1 Å². The van der Waals surface area contributed by atoms with Crippen LogP contribution in [0.4, 0.5) is 5.82 Å². The highest BCUT2D eigenvalue weighted by Crippen LogP contribution is 2.22. The second-order valence-electron chi connectivity index (χ2n) is 5.83. The van der Waals surface area contributed by atoms with Crippen LogP contribution in [0.25, 0.3) is 0 Å². The molecule has 1 fully saturated rings. The van der Waals surface area contributed by atoms with Gasteiger partial charge >= 0.3 is 0 Å². The SMILES string of the molecule is CCc1cc(C(=O)N2CCCC(CC)CC2)cc(NC)n1. The van der Waals surface area contributed by atoms with Crippen LogP contribution < -0.4 is 5.32 Å². The maximum atomic E-state index is 12.8. The molecule has 1 amide bonds. The maximum Gasteiger partial charge on any atom is 0.254 e. The minimum atomic E-state index is 0.153. The summed E-state index contributed by atoms with van der Waals surface area (Å²) in [5, 5.41) is 3.05. The molecule has 0 aromatic carbocycles. The Balaban J connectivity index is 2.15. The number of nitrogens with one attached hydrogen (secondary N) is 1. The Bertz CT molecular complexity index is 465. The zero-order valence-corrected chi connectivity index (χ0v) is 13.5. The molecule has 1 saturated heterocycles. The minimum absolute atomic E-state index is 0.153. The number of aromatic nitrogens is 1. The predicted molar refractivity (Wildman–Crippen MR) is 86.7 cm³/mol. The third kappa shape index (κ3) is 3.96. The van der Waals surface area contributed by atoms with Gasteiger partial charge in [0.15, 0.2) is 0 Å². The first-order valence-electron chi connectivity index (χ1n) is 8.15. The van der Waals surface area contributed by atoms with Gasteiger partial charge in [-0.15, -0.1) is 0 Å². The van der Waals surface area contributed by atoms with Gasteiger partial charge in [-0.25, -0.2) is 4.98 Å². The van der Waals surface area contributed by atoms with Crippen molar-refractivity contribution >= 4 is 11.7 Å². The molecule has 0 spiro atoms. The van der Waals surface area contributed by atoms with Crippen molar-refractivity contribution in [2.75, 3.05) is 25.5 Å². The average molecular weight is 289 g/mol. The van der Waals surface area contributed by atoms with Crippen molar-refractivity contribution in [3.8, 4) is 0 Å². The monoisotopic (exact) mass is 289 g/mol. The molecular weight excluding hydrogens is 262 g/mol. The first-order chi connectivity index (χ1) is 10.2. The van der Waals surface area contributed by atoms with E-state index in [4.69, 9.17) is 0 Å². The van der Waals surface area contributed by atoms with Gasteiger partial charge in [-0.3, -0.25) is 4.79 Å². The zero-order chi connectivity index (χ0) is 15.2. The van der Waals surface area contributed by atoms with Gasteiger partial charge in [-0.2, -0.15) is 0 Å². The van der Waals surface area contributed by atoms with Gasteiger partial charge < -0.3 is 10.2 Å². The number of amides is 1. The standard InChI is InChI=1S/C17H27N3O/c1-4-13-7-6-9-20(10-8-13)17(21)14-11-15(5-2)19-16(12-14)18-3/h11-13H,4-10H2,1-3H3,(H,18,19). The summed E-state index contributed by atoms with van der Waals surface area (Å²) in [4.78, 5) is 19.2. The lowest BCUT2D eigenvalue weighted by atomic mass is 9.98. The highest BCUT2D eigenvalue weighted by Gasteiger charge is 2.21. The van der Waals surface area contributed by atoms with Crippen molar-refractivity contribution in [3.05, 3.63) is 23.4 Å². The number of aryl methyl sites for hydroxylation is 1. The number of rotatable bonds is 4. The van der Waals surface area contributed by atoms with Crippen LogP contribution in [-0.4, -0.2) is 35.9 Å². The van der Waals surface area contributed by atoms with E-state index in [9.17, 15) is 4.79 Å². The van der Waals surface area contributed by atoms with E-state index in [2.05, 4.69) is 24.1 Å². The molecule has 2 rings (SSSR count). The molecule has 116 valence electrons. The summed E-state index contributed by atoms with van der Waals surface area (Å²) in [6, 6.07) is 3.80. The molecule has 0 bridgehead atoms. The summed E-state index contributed by atoms with van der Waals surface area (Å²) in [5.41, 5.74) is 1.73. The fourth-order valence-electron chi connectivity index (χ4n) is 2.98. The largest absolute Gasteiger partial charge is 0.373 e. The van der Waals surface area contributed by atoms with E-state index < -0.39 is 0 Å². The summed E-state index contributed by atoms with van der Waals surface area (Å²) >= 11 is 0. The first kappa shape index (κ1) is 15.8. The number of carbonyl (C=O) groups excluding carboxylic acids is 1. The summed E-state index contributed by atoms with van der Waals surface area (Å²) in [7, 11) is 1.84. The second kappa shape index (κ2) is 7.43. The highest BCUT2D eigenvalue weighted by molar-refractivity contribution is 5.95. The van der Waals surface area contributed by atoms with Gasteiger partial charge in [-0.05, 0) is 43.7 Å². The van der Waals surface area contributed by atoms with Gasteiger partial charge in [0.05, 0.1) is 0 Å². The molecule has 0 saturated carbocycles. The minimum Gasteiger partial charge on any atom is -0.373 e. The van der Waals surface area contributed by atoms with Crippen LogP contribution in [0.5, 0.6) is 0 Å². The molecule has 1 N–H and O–H groups in total. The summed E-state index contributed by atoms with van der Waals surface area (Å²) in [5.74, 6) is 1.71.